The fraction of sp³-hybridized carbons (Fsp3) is 0.632. The molecule has 3 atom stereocenters. The summed E-state index contributed by atoms with van der Waals surface area (Å²) >= 11 is 0. The molecule has 0 aliphatic rings. The maximum absolute atomic E-state index is 12.2. The lowest BCUT2D eigenvalue weighted by atomic mass is 10.0. The molecule has 1 rings (SSSR count). The molecule has 0 spiro atoms. The van der Waals surface area contributed by atoms with Crippen molar-refractivity contribution in [1.82, 2.24) is 10.6 Å². The minimum absolute atomic E-state index is 0.239. The van der Waals surface area contributed by atoms with Crippen LogP contribution in [0, 0.1) is 5.89 Å². The summed E-state index contributed by atoms with van der Waals surface area (Å²) in [4.78, 5) is 12.2. The molecule has 0 aromatic heterocycles. The zero-order valence-corrected chi connectivity index (χ0v) is 14.7. The van der Waals surface area contributed by atoms with E-state index in [0.29, 0.717) is 0 Å². The molecule has 136 valence electrons. The lowest BCUT2D eigenvalue weighted by Gasteiger charge is -2.27. The molecule has 1 aromatic carbocycles. The van der Waals surface area contributed by atoms with E-state index < -0.39 is 43.1 Å². The molecule has 0 fully saturated rings. The second-order valence-electron chi connectivity index (χ2n) is 6.64. The van der Waals surface area contributed by atoms with E-state index in [-0.39, 0.29) is 13.0 Å². The average Bonchev–Trinajstić information content (AvgIpc) is 2.57. The van der Waals surface area contributed by atoms with Crippen LogP contribution < -0.4 is 10.6 Å². The van der Waals surface area contributed by atoms with Crippen LogP contribution in [-0.4, -0.2) is 42.0 Å². The molecule has 0 heterocycles. The van der Waals surface area contributed by atoms with Gasteiger partial charge in [0.1, 0.15) is 5.60 Å². The van der Waals surface area contributed by atoms with Gasteiger partial charge in [0.15, 0.2) is 0 Å². The van der Waals surface area contributed by atoms with Gasteiger partial charge < -0.3 is 20.5 Å². The quantitative estimate of drug-likeness (QED) is 0.679. The van der Waals surface area contributed by atoms with Gasteiger partial charge in [0.25, 0.3) is 0 Å². The molecular weight excluding hydrogens is 304 g/mol. The minimum atomic E-state index is -2.88. The van der Waals surface area contributed by atoms with E-state index in [1.807, 2.05) is 30.3 Å². The van der Waals surface area contributed by atoms with E-state index in [4.69, 9.17) is 13.0 Å². The number of hydrogen-bond acceptors (Lipinski definition) is 4. The van der Waals surface area contributed by atoms with Crippen molar-refractivity contribution >= 4 is 6.09 Å². The van der Waals surface area contributed by atoms with Gasteiger partial charge in [-0.2, -0.15) is 0 Å². The van der Waals surface area contributed by atoms with Crippen LogP contribution in [0.1, 0.15) is 48.3 Å². The molecule has 3 N–H and O–H groups in total. The first-order chi connectivity index (χ1) is 13.5. The lowest BCUT2D eigenvalue weighted by molar-refractivity contribution is 0.0422. The third-order valence-electron chi connectivity index (χ3n) is 3.05. The summed E-state index contributed by atoms with van der Waals surface area (Å²) in [7, 11) is 0. The van der Waals surface area contributed by atoms with Gasteiger partial charge in [0, 0.05) is 14.8 Å². The van der Waals surface area contributed by atoms with Crippen LogP contribution in [0.5, 0.6) is 0 Å². The fourth-order valence-corrected chi connectivity index (χ4v) is 2.04. The largest absolute Gasteiger partial charge is 0.444 e. The fourth-order valence-electron chi connectivity index (χ4n) is 2.04. The summed E-state index contributed by atoms with van der Waals surface area (Å²) in [5.74, 6) is -2.45. The number of nitrogens with one attached hydrogen (secondary N) is 2. The van der Waals surface area contributed by atoms with Gasteiger partial charge in [0.05, 0.1) is 12.1 Å². The molecule has 0 radical (unpaired) electrons. The maximum Gasteiger partial charge on any atom is 0.407 e. The summed E-state index contributed by atoms with van der Waals surface area (Å²) < 4.78 is 51.4. The molecule has 0 saturated heterocycles. The van der Waals surface area contributed by atoms with Crippen molar-refractivity contribution < 1.29 is 22.9 Å². The van der Waals surface area contributed by atoms with Crippen molar-refractivity contribution in [3.8, 4) is 0 Å². The molecule has 0 bridgehead atoms. The summed E-state index contributed by atoms with van der Waals surface area (Å²) in [6, 6.07) is 8.25. The van der Waals surface area contributed by atoms with E-state index in [1.54, 1.807) is 20.8 Å². The van der Waals surface area contributed by atoms with Gasteiger partial charge in [-0.1, -0.05) is 44.1 Å². The van der Waals surface area contributed by atoms with Crippen molar-refractivity contribution in [1.29, 1.82) is 0 Å². The molecule has 1 unspecified atom stereocenters. The highest BCUT2D eigenvalue weighted by Crippen LogP contribution is 2.10. The van der Waals surface area contributed by atoms with Crippen LogP contribution in [0.3, 0.4) is 0 Å². The Morgan fingerprint density at radius 2 is 2.08 bits per heavy atom. The number of aliphatic hydroxyl groups excluding tert-OH is 1. The van der Waals surface area contributed by atoms with Crippen LogP contribution in [-0.2, 0) is 11.2 Å². The van der Waals surface area contributed by atoms with Crippen LogP contribution in [0.25, 0.3) is 0 Å². The summed E-state index contributed by atoms with van der Waals surface area (Å²) in [5.41, 5.74) is 0.0860. The normalized spacial score (nSPS) is 21.5. The second-order valence-corrected chi connectivity index (χ2v) is 6.64. The highest BCUT2D eigenvalue weighted by Gasteiger charge is 2.24. The second kappa shape index (κ2) is 9.64. The van der Waals surface area contributed by atoms with Crippen LogP contribution in [0.4, 0.5) is 4.79 Å². The molecule has 1 aromatic rings. The number of carbonyl (C=O) groups is 1. The summed E-state index contributed by atoms with van der Waals surface area (Å²) in [5, 5.41) is 15.6. The van der Waals surface area contributed by atoms with Gasteiger partial charge in [0.2, 0.25) is 0 Å². The van der Waals surface area contributed by atoms with Crippen LogP contribution >= 0.6 is 0 Å². The molecule has 0 aliphatic heterocycles. The molecular formula is C19H32N2O3. The first-order valence-corrected chi connectivity index (χ1v) is 7.93. The molecule has 5 heteroatoms. The van der Waals surface area contributed by atoms with E-state index in [2.05, 4.69) is 10.6 Å². The Balaban J connectivity index is 2.93. The number of ether oxygens (including phenoxy) is 1. The number of rotatable bonds is 8. The predicted octanol–water partition coefficient (Wildman–Crippen LogP) is 2.73. The van der Waals surface area contributed by atoms with Crippen molar-refractivity contribution in [3.05, 3.63) is 35.9 Å². The Bertz CT molecular complexity index is 690. The van der Waals surface area contributed by atoms with Gasteiger partial charge in [-0.25, -0.2) is 4.79 Å². The van der Waals surface area contributed by atoms with Crippen molar-refractivity contribution in [3.63, 3.8) is 0 Å². The Morgan fingerprint density at radius 3 is 2.67 bits per heavy atom. The third-order valence-corrected chi connectivity index (χ3v) is 3.05. The standard InChI is InChI=1S/C19H32N2O3/c1-14(2)12-20-13-17(22)16(11-15-9-7-6-8-10-15)21-18(23)24-19(3,4)5/h6-10,14,16-17,20,22H,11-13H2,1-5H3,(H,21,23)/t16-,17+/m0/s1/i1D3,12D2,14D/t14?,16-,17+. The summed E-state index contributed by atoms with van der Waals surface area (Å²) in [6.45, 7) is 0.194. The Morgan fingerprint density at radius 1 is 1.42 bits per heavy atom. The van der Waals surface area contributed by atoms with E-state index >= 15 is 0 Å². The van der Waals surface area contributed by atoms with Gasteiger partial charge in [-0.05, 0) is 45.1 Å². The van der Waals surface area contributed by atoms with Crippen LogP contribution in [0.15, 0.2) is 30.3 Å². The first kappa shape index (κ1) is 12.7. The third kappa shape index (κ3) is 8.89. The summed E-state index contributed by atoms with van der Waals surface area (Å²) in [6.07, 6.45) is -1.78. The molecule has 5 nitrogen and oxygen atoms in total. The smallest absolute Gasteiger partial charge is 0.407 e. The highest BCUT2D eigenvalue weighted by atomic mass is 16.6. The Labute approximate surface area is 154 Å². The van der Waals surface area contributed by atoms with E-state index in [0.717, 1.165) is 12.5 Å². The molecule has 0 aliphatic carbocycles. The zero-order chi connectivity index (χ0) is 23.4. The molecule has 0 saturated carbocycles. The van der Waals surface area contributed by atoms with Crippen molar-refractivity contribution in [2.24, 2.45) is 5.89 Å². The monoisotopic (exact) mass is 342 g/mol. The minimum Gasteiger partial charge on any atom is -0.444 e. The van der Waals surface area contributed by atoms with Gasteiger partial charge in [-0.3, -0.25) is 0 Å². The first-order valence-electron chi connectivity index (χ1n) is 10.9. The van der Waals surface area contributed by atoms with Crippen molar-refractivity contribution in [2.75, 3.05) is 13.0 Å². The number of amides is 1. The predicted molar refractivity (Wildman–Crippen MR) is 97.0 cm³/mol. The van der Waals surface area contributed by atoms with Crippen molar-refractivity contribution in [2.45, 2.75) is 58.7 Å². The number of benzene rings is 1. The van der Waals surface area contributed by atoms with Gasteiger partial charge >= 0.3 is 6.09 Å². The zero-order valence-electron chi connectivity index (χ0n) is 20.7. The topological polar surface area (TPSA) is 70.6 Å². The average molecular weight is 343 g/mol. The number of carbonyl (C=O) groups excluding carboxylic acids is 1. The van der Waals surface area contributed by atoms with Gasteiger partial charge in [-0.15, -0.1) is 0 Å². The van der Waals surface area contributed by atoms with Crippen LogP contribution in [0.2, 0.25) is 0 Å². The number of aliphatic hydroxyl groups is 1. The number of hydrogen-bond donors (Lipinski definition) is 3. The Hall–Kier alpha value is -1.59. The molecule has 1 amide bonds. The highest BCUT2D eigenvalue weighted by molar-refractivity contribution is 5.68. The lowest BCUT2D eigenvalue weighted by Crippen LogP contribution is -2.50. The molecule has 24 heavy (non-hydrogen) atoms. The number of alkyl carbamates (subject to hydrolysis) is 1. The van der Waals surface area contributed by atoms with E-state index in [9.17, 15) is 9.90 Å². The van der Waals surface area contributed by atoms with E-state index in [1.165, 1.54) is 0 Å². The Kier molecular flexibility index (Phi) is 5.11. The maximum atomic E-state index is 12.2. The SMILES string of the molecule is [2H]C([2H])([2H])C([2H])(C)C([2H])([2H])NC[C@@H](O)[C@H](Cc1ccccc1)NC(=O)OC(C)(C)C.